The first kappa shape index (κ1) is 15.7. The third kappa shape index (κ3) is 2.74. The first-order chi connectivity index (χ1) is 9.97. The molecule has 122 valence electrons. The molecule has 0 aromatic carbocycles. The van der Waals surface area contributed by atoms with Gasteiger partial charge >= 0.3 is 0 Å². The van der Waals surface area contributed by atoms with Crippen molar-refractivity contribution in [1.29, 1.82) is 0 Å². The molecular weight excluding hydrogens is 288 g/mol. The van der Waals surface area contributed by atoms with Crippen molar-refractivity contribution in [2.45, 2.75) is 37.3 Å². The van der Waals surface area contributed by atoms with Gasteiger partial charge in [-0.15, -0.1) is 0 Å². The summed E-state index contributed by atoms with van der Waals surface area (Å²) in [6.07, 6.45) is 6.28. The number of fused-ring (bicyclic) bond motifs is 1. The highest BCUT2D eigenvalue weighted by molar-refractivity contribution is 7.88. The lowest BCUT2D eigenvalue weighted by molar-refractivity contribution is 0.0171. The van der Waals surface area contributed by atoms with Crippen molar-refractivity contribution >= 4 is 10.0 Å². The van der Waals surface area contributed by atoms with Gasteiger partial charge in [0.25, 0.3) is 0 Å². The Kier molecular flexibility index (Phi) is 4.31. The Morgan fingerprint density at radius 3 is 2.43 bits per heavy atom. The average molecular weight is 316 g/mol. The maximum atomic E-state index is 11.7. The Hall–Kier alpha value is -0.210. The van der Waals surface area contributed by atoms with Crippen molar-refractivity contribution in [3.05, 3.63) is 0 Å². The van der Waals surface area contributed by atoms with Gasteiger partial charge in [-0.3, -0.25) is 9.80 Å². The Morgan fingerprint density at radius 2 is 1.81 bits per heavy atom. The predicted octanol–water partition coefficient (Wildman–Crippen LogP) is -0.481. The van der Waals surface area contributed by atoms with Crippen molar-refractivity contribution in [3.8, 4) is 0 Å². The van der Waals surface area contributed by atoms with Crippen LogP contribution in [0.3, 0.4) is 0 Å². The van der Waals surface area contributed by atoms with Gasteiger partial charge in [0.05, 0.1) is 6.26 Å². The maximum Gasteiger partial charge on any atom is 0.211 e. The molecule has 0 radical (unpaired) electrons. The standard InChI is InChI=1S/C14H28N4O2S/c1-21(19,20)18-10-8-17(9-11-18)14(12-15)5-7-16-6-3-2-4-13(14)16/h13H,2-12,15H2,1H3. The second-order valence-corrected chi connectivity index (χ2v) is 8.74. The van der Waals surface area contributed by atoms with Crippen molar-refractivity contribution < 1.29 is 8.42 Å². The fourth-order valence-corrected chi connectivity index (χ4v) is 5.40. The molecule has 0 saturated carbocycles. The molecule has 3 aliphatic rings. The maximum absolute atomic E-state index is 11.7. The number of piperidine rings is 1. The largest absolute Gasteiger partial charge is 0.329 e. The van der Waals surface area contributed by atoms with E-state index in [1.54, 1.807) is 4.31 Å². The molecule has 7 heteroatoms. The van der Waals surface area contributed by atoms with Gasteiger partial charge in [-0.1, -0.05) is 6.42 Å². The van der Waals surface area contributed by atoms with Crippen LogP contribution in [-0.4, -0.2) is 86.2 Å². The van der Waals surface area contributed by atoms with E-state index in [2.05, 4.69) is 9.80 Å². The lowest BCUT2D eigenvalue weighted by Crippen LogP contribution is -2.65. The van der Waals surface area contributed by atoms with Crippen LogP contribution in [0.15, 0.2) is 0 Å². The summed E-state index contributed by atoms with van der Waals surface area (Å²) in [7, 11) is -3.06. The fourth-order valence-electron chi connectivity index (χ4n) is 4.57. The van der Waals surface area contributed by atoms with Crippen molar-refractivity contribution in [2.24, 2.45) is 5.73 Å². The van der Waals surface area contributed by atoms with Crippen LogP contribution in [0, 0.1) is 0 Å². The van der Waals surface area contributed by atoms with Gasteiger partial charge in [0, 0.05) is 50.8 Å². The van der Waals surface area contributed by atoms with Gasteiger partial charge in [0.2, 0.25) is 10.0 Å². The van der Waals surface area contributed by atoms with E-state index in [1.165, 1.54) is 32.1 Å². The van der Waals surface area contributed by atoms with E-state index >= 15 is 0 Å². The van der Waals surface area contributed by atoms with Crippen molar-refractivity contribution in [2.75, 3.05) is 52.1 Å². The number of nitrogens with zero attached hydrogens (tertiary/aromatic N) is 3. The van der Waals surface area contributed by atoms with Crippen LogP contribution in [0.2, 0.25) is 0 Å². The number of nitrogens with two attached hydrogens (primary N) is 1. The van der Waals surface area contributed by atoms with E-state index in [0.717, 1.165) is 26.1 Å². The SMILES string of the molecule is CS(=O)(=O)N1CCN(C2(CN)CCN3CCCCC32)CC1. The molecule has 0 aliphatic carbocycles. The molecule has 3 rings (SSSR count). The molecule has 2 unspecified atom stereocenters. The zero-order valence-corrected chi connectivity index (χ0v) is 13.8. The van der Waals surface area contributed by atoms with Crippen LogP contribution in [0.1, 0.15) is 25.7 Å². The zero-order valence-electron chi connectivity index (χ0n) is 13.0. The quantitative estimate of drug-likeness (QED) is 0.761. The minimum absolute atomic E-state index is 0.0734. The first-order valence-electron chi connectivity index (χ1n) is 8.12. The molecule has 2 atom stereocenters. The molecule has 3 heterocycles. The molecule has 0 spiro atoms. The van der Waals surface area contributed by atoms with E-state index in [0.29, 0.717) is 25.7 Å². The zero-order chi connectivity index (χ0) is 15.1. The summed E-state index contributed by atoms with van der Waals surface area (Å²) >= 11 is 0. The normalized spacial score (nSPS) is 36.8. The summed E-state index contributed by atoms with van der Waals surface area (Å²) in [6.45, 7) is 5.88. The number of sulfonamides is 1. The van der Waals surface area contributed by atoms with Crippen molar-refractivity contribution in [3.63, 3.8) is 0 Å². The minimum Gasteiger partial charge on any atom is -0.329 e. The monoisotopic (exact) mass is 316 g/mol. The lowest BCUT2D eigenvalue weighted by atomic mass is 9.83. The summed E-state index contributed by atoms with van der Waals surface area (Å²) in [5, 5.41) is 0. The number of piperazine rings is 1. The predicted molar refractivity (Wildman–Crippen MR) is 83.6 cm³/mol. The summed E-state index contributed by atoms with van der Waals surface area (Å²) < 4.78 is 24.9. The molecule has 3 saturated heterocycles. The van der Waals surface area contributed by atoms with E-state index in [4.69, 9.17) is 5.73 Å². The second kappa shape index (κ2) is 5.77. The molecular formula is C14H28N4O2S. The molecule has 3 aliphatic heterocycles. The highest BCUT2D eigenvalue weighted by Gasteiger charge is 2.51. The Labute approximate surface area is 128 Å². The van der Waals surface area contributed by atoms with E-state index in [-0.39, 0.29) is 5.54 Å². The van der Waals surface area contributed by atoms with Crippen LogP contribution in [0.25, 0.3) is 0 Å². The van der Waals surface area contributed by atoms with E-state index in [1.807, 2.05) is 0 Å². The van der Waals surface area contributed by atoms with Crippen LogP contribution >= 0.6 is 0 Å². The first-order valence-corrected chi connectivity index (χ1v) is 9.96. The van der Waals surface area contributed by atoms with Crippen LogP contribution in [-0.2, 0) is 10.0 Å². The van der Waals surface area contributed by atoms with Gasteiger partial charge in [-0.25, -0.2) is 8.42 Å². The Balaban J connectivity index is 1.73. The Bertz CT molecular complexity index is 475. The van der Waals surface area contributed by atoms with Gasteiger partial charge in [-0.05, 0) is 25.8 Å². The molecule has 0 amide bonds. The molecule has 0 aromatic rings. The summed E-state index contributed by atoms with van der Waals surface area (Å²) in [4.78, 5) is 5.10. The van der Waals surface area contributed by atoms with Crippen molar-refractivity contribution in [1.82, 2.24) is 14.1 Å². The van der Waals surface area contributed by atoms with Crippen LogP contribution < -0.4 is 5.73 Å². The van der Waals surface area contributed by atoms with Gasteiger partial charge in [0.15, 0.2) is 0 Å². The van der Waals surface area contributed by atoms with Gasteiger partial charge < -0.3 is 5.73 Å². The lowest BCUT2D eigenvalue weighted by Gasteiger charge is -2.50. The topological polar surface area (TPSA) is 69.9 Å². The highest BCUT2D eigenvalue weighted by Crippen LogP contribution is 2.39. The molecule has 6 nitrogen and oxygen atoms in total. The third-order valence-corrected chi connectivity index (χ3v) is 7.06. The van der Waals surface area contributed by atoms with Crippen LogP contribution in [0.5, 0.6) is 0 Å². The minimum atomic E-state index is -3.06. The Morgan fingerprint density at radius 1 is 1.10 bits per heavy atom. The van der Waals surface area contributed by atoms with E-state index < -0.39 is 10.0 Å². The number of hydrogen-bond acceptors (Lipinski definition) is 5. The number of rotatable bonds is 3. The molecule has 2 N–H and O–H groups in total. The summed E-state index contributed by atoms with van der Waals surface area (Å²) in [5.41, 5.74) is 6.30. The molecule has 21 heavy (non-hydrogen) atoms. The fraction of sp³-hybridized carbons (Fsp3) is 1.00. The van der Waals surface area contributed by atoms with Gasteiger partial charge in [0.1, 0.15) is 0 Å². The average Bonchev–Trinajstić information content (AvgIpc) is 2.86. The molecule has 0 bridgehead atoms. The van der Waals surface area contributed by atoms with E-state index in [9.17, 15) is 8.42 Å². The molecule has 3 fully saturated rings. The summed E-state index contributed by atoms with van der Waals surface area (Å²) in [6, 6.07) is 0.570. The smallest absolute Gasteiger partial charge is 0.211 e. The summed E-state index contributed by atoms with van der Waals surface area (Å²) in [5.74, 6) is 0. The molecule has 0 aromatic heterocycles. The second-order valence-electron chi connectivity index (χ2n) is 6.75. The number of hydrogen-bond donors (Lipinski definition) is 1. The van der Waals surface area contributed by atoms with Crippen LogP contribution in [0.4, 0.5) is 0 Å². The highest BCUT2D eigenvalue weighted by atomic mass is 32.2. The van der Waals surface area contributed by atoms with Gasteiger partial charge in [-0.2, -0.15) is 4.31 Å². The third-order valence-electron chi connectivity index (χ3n) is 5.76.